The van der Waals surface area contributed by atoms with Gasteiger partial charge in [-0.2, -0.15) is 13.2 Å². The lowest BCUT2D eigenvalue weighted by Crippen LogP contribution is -2.41. The van der Waals surface area contributed by atoms with Crippen LogP contribution < -0.4 is 0 Å². The molecule has 0 radical (unpaired) electrons. The van der Waals surface area contributed by atoms with E-state index >= 15 is 0 Å². The Kier molecular flexibility index (Phi) is 3.77. The average molecular weight is 288 g/mol. The maximum atomic E-state index is 12.7. The van der Waals surface area contributed by atoms with Crippen molar-refractivity contribution in [3.63, 3.8) is 0 Å². The topological polar surface area (TPSA) is 57.5 Å². The van der Waals surface area contributed by atoms with Crippen LogP contribution in [0.5, 0.6) is 0 Å². The maximum absolute atomic E-state index is 12.7. The first-order valence-corrected chi connectivity index (χ1v) is 6.35. The number of hydrogen-bond donors (Lipinski definition) is 2. The number of aliphatic hydroxyl groups excluding tert-OH is 1. The lowest BCUT2D eigenvalue weighted by molar-refractivity contribution is -0.146. The third kappa shape index (κ3) is 2.65. The van der Waals surface area contributed by atoms with Gasteiger partial charge in [-0.15, -0.1) is 0 Å². The summed E-state index contributed by atoms with van der Waals surface area (Å²) >= 11 is 0. The van der Waals surface area contributed by atoms with Crippen molar-refractivity contribution < 1.29 is 28.2 Å². The Morgan fingerprint density at radius 3 is 2.35 bits per heavy atom. The molecule has 1 aliphatic carbocycles. The summed E-state index contributed by atoms with van der Waals surface area (Å²) in [5.41, 5.74) is -2.02. The van der Waals surface area contributed by atoms with Gasteiger partial charge in [-0.3, -0.25) is 4.79 Å². The molecule has 0 unspecified atom stereocenters. The molecule has 0 heterocycles. The molecule has 110 valence electrons. The molecule has 2 N–H and O–H groups in total. The smallest absolute Gasteiger partial charge is 0.416 e. The molecule has 0 amide bonds. The number of halogens is 3. The molecule has 6 heteroatoms. The molecule has 2 rings (SSSR count). The highest BCUT2D eigenvalue weighted by atomic mass is 19.4. The number of alkyl halides is 3. The summed E-state index contributed by atoms with van der Waals surface area (Å²) in [6, 6.07) is 4.48. The summed E-state index contributed by atoms with van der Waals surface area (Å²) in [6.45, 7) is 0. The van der Waals surface area contributed by atoms with Crippen molar-refractivity contribution in [1.29, 1.82) is 0 Å². The zero-order chi connectivity index (χ0) is 15.0. The standard InChI is InChI=1S/C14H15F3O3/c15-14(16,17)10-3-1-2-9(8-10)13(12(19)20)6-4-11(18)5-7-13/h1-3,8,11,18H,4-7H2,(H,19,20). The summed E-state index contributed by atoms with van der Waals surface area (Å²) in [4.78, 5) is 11.6. The van der Waals surface area contributed by atoms with Gasteiger partial charge in [0.25, 0.3) is 0 Å². The van der Waals surface area contributed by atoms with Crippen molar-refractivity contribution in [3.8, 4) is 0 Å². The number of benzene rings is 1. The number of aliphatic carboxylic acids is 1. The van der Waals surface area contributed by atoms with Crippen LogP contribution in [0, 0.1) is 0 Å². The number of carbonyl (C=O) groups is 1. The fourth-order valence-electron chi connectivity index (χ4n) is 2.71. The van der Waals surface area contributed by atoms with Crippen LogP contribution in [0.4, 0.5) is 13.2 Å². The van der Waals surface area contributed by atoms with Gasteiger partial charge < -0.3 is 10.2 Å². The van der Waals surface area contributed by atoms with Crippen molar-refractivity contribution >= 4 is 5.97 Å². The van der Waals surface area contributed by atoms with E-state index in [-0.39, 0.29) is 31.2 Å². The van der Waals surface area contributed by atoms with Crippen molar-refractivity contribution in [2.45, 2.75) is 43.4 Å². The van der Waals surface area contributed by atoms with E-state index in [1.54, 1.807) is 0 Å². The summed E-state index contributed by atoms with van der Waals surface area (Å²) in [7, 11) is 0. The van der Waals surface area contributed by atoms with Crippen molar-refractivity contribution in [2.75, 3.05) is 0 Å². The molecule has 20 heavy (non-hydrogen) atoms. The molecule has 1 aromatic carbocycles. The minimum atomic E-state index is -4.50. The van der Waals surface area contributed by atoms with Gasteiger partial charge in [-0.25, -0.2) is 0 Å². The van der Waals surface area contributed by atoms with E-state index < -0.39 is 29.2 Å². The Morgan fingerprint density at radius 1 is 1.25 bits per heavy atom. The van der Waals surface area contributed by atoms with Crippen LogP contribution in [0.15, 0.2) is 24.3 Å². The van der Waals surface area contributed by atoms with Crippen LogP contribution in [-0.2, 0) is 16.4 Å². The Balaban J connectivity index is 2.43. The van der Waals surface area contributed by atoms with Gasteiger partial charge in [-0.05, 0) is 37.3 Å². The Morgan fingerprint density at radius 2 is 1.85 bits per heavy atom. The van der Waals surface area contributed by atoms with Crippen LogP contribution in [-0.4, -0.2) is 22.3 Å². The predicted molar refractivity (Wildman–Crippen MR) is 65.2 cm³/mol. The average Bonchev–Trinajstić information content (AvgIpc) is 2.39. The van der Waals surface area contributed by atoms with Gasteiger partial charge in [-0.1, -0.05) is 18.2 Å². The SMILES string of the molecule is O=C(O)C1(c2cccc(C(F)(F)F)c2)CCC(O)CC1. The fourth-order valence-corrected chi connectivity index (χ4v) is 2.71. The molecule has 0 atom stereocenters. The molecular weight excluding hydrogens is 273 g/mol. The normalized spacial score (nSPS) is 27.3. The summed E-state index contributed by atoms with van der Waals surface area (Å²) in [5, 5.41) is 18.9. The van der Waals surface area contributed by atoms with Gasteiger partial charge in [0.05, 0.1) is 17.1 Å². The zero-order valence-electron chi connectivity index (χ0n) is 10.7. The monoisotopic (exact) mass is 288 g/mol. The predicted octanol–water partition coefficient (Wildman–Crippen LogP) is 2.96. The largest absolute Gasteiger partial charge is 0.481 e. The van der Waals surface area contributed by atoms with E-state index in [0.717, 1.165) is 12.1 Å². The highest BCUT2D eigenvalue weighted by molar-refractivity contribution is 5.81. The summed E-state index contributed by atoms with van der Waals surface area (Å²) < 4.78 is 38.2. The Hall–Kier alpha value is -1.56. The quantitative estimate of drug-likeness (QED) is 0.879. The molecule has 0 aliphatic heterocycles. The Labute approximate surface area is 114 Å². The molecule has 3 nitrogen and oxygen atoms in total. The summed E-state index contributed by atoms with van der Waals surface area (Å²) in [6.07, 6.45) is -4.22. The van der Waals surface area contributed by atoms with E-state index in [1.807, 2.05) is 0 Å². The van der Waals surface area contributed by atoms with Crippen molar-refractivity contribution in [2.24, 2.45) is 0 Å². The van der Waals surface area contributed by atoms with Gasteiger partial charge in [0.2, 0.25) is 0 Å². The first-order chi connectivity index (χ1) is 9.25. The van der Waals surface area contributed by atoms with E-state index in [4.69, 9.17) is 0 Å². The van der Waals surface area contributed by atoms with Gasteiger partial charge >= 0.3 is 12.1 Å². The van der Waals surface area contributed by atoms with Crippen LogP contribution in [0.25, 0.3) is 0 Å². The first kappa shape index (κ1) is 14.8. The van der Waals surface area contributed by atoms with E-state index in [1.165, 1.54) is 12.1 Å². The van der Waals surface area contributed by atoms with Gasteiger partial charge in [0.1, 0.15) is 0 Å². The molecule has 0 spiro atoms. The number of carboxylic acids is 1. The van der Waals surface area contributed by atoms with E-state index in [0.29, 0.717) is 0 Å². The highest BCUT2D eigenvalue weighted by Crippen LogP contribution is 2.41. The molecule has 0 aromatic heterocycles. The third-order valence-corrected chi connectivity index (χ3v) is 3.96. The fraction of sp³-hybridized carbons (Fsp3) is 0.500. The van der Waals surface area contributed by atoms with E-state index in [2.05, 4.69) is 0 Å². The van der Waals surface area contributed by atoms with Crippen molar-refractivity contribution in [1.82, 2.24) is 0 Å². The van der Waals surface area contributed by atoms with Crippen LogP contribution in [0.1, 0.15) is 36.8 Å². The van der Waals surface area contributed by atoms with Crippen LogP contribution >= 0.6 is 0 Å². The zero-order valence-corrected chi connectivity index (χ0v) is 10.7. The minimum Gasteiger partial charge on any atom is -0.481 e. The van der Waals surface area contributed by atoms with E-state index in [9.17, 15) is 28.2 Å². The van der Waals surface area contributed by atoms with Crippen molar-refractivity contribution in [3.05, 3.63) is 35.4 Å². The Bertz CT molecular complexity index is 503. The minimum absolute atomic E-state index is 0.144. The van der Waals surface area contributed by atoms with Crippen LogP contribution in [0.2, 0.25) is 0 Å². The number of hydrogen-bond acceptors (Lipinski definition) is 2. The van der Waals surface area contributed by atoms with Gasteiger partial charge in [0, 0.05) is 0 Å². The lowest BCUT2D eigenvalue weighted by atomic mass is 9.68. The second-order valence-corrected chi connectivity index (χ2v) is 5.20. The van der Waals surface area contributed by atoms with Crippen LogP contribution in [0.3, 0.4) is 0 Å². The molecule has 0 bridgehead atoms. The second-order valence-electron chi connectivity index (χ2n) is 5.20. The molecule has 1 aliphatic rings. The molecule has 1 fully saturated rings. The third-order valence-electron chi connectivity index (χ3n) is 3.96. The molecule has 0 saturated heterocycles. The molecular formula is C14H15F3O3. The highest BCUT2D eigenvalue weighted by Gasteiger charge is 2.44. The molecule has 1 aromatic rings. The number of rotatable bonds is 2. The molecule has 1 saturated carbocycles. The van der Waals surface area contributed by atoms with Gasteiger partial charge in [0.15, 0.2) is 0 Å². The lowest BCUT2D eigenvalue weighted by Gasteiger charge is -2.36. The number of carboxylic acid groups (broad SMARTS) is 1. The number of aliphatic hydroxyl groups is 1. The summed E-state index contributed by atoms with van der Waals surface area (Å²) in [5.74, 6) is -1.14. The first-order valence-electron chi connectivity index (χ1n) is 6.35. The second kappa shape index (κ2) is 5.09. The maximum Gasteiger partial charge on any atom is 0.416 e.